The maximum Gasteiger partial charge on any atom is 0.116 e. The van der Waals surface area contributed by atoms with Crippen molar-refractivity contribution in [2.45, 2.75) is 38.8 Å². The van der Waals surface area contributed by atoms with E-state index in [2.05, 4.69) is 82.8 Å². The molecule has 1 aromatic carbocycles. The minimum absolute atomic E-state index is 0.0701. The van der Waals surface area contributed by atoms with Crippen molar-refractivity contribution in [3.8, 4) is 0 Å². The van der Waals surface area contributed by atoms with E-state index >= 15 is 0 Å². The number of ether oxygens (including phenoxy) is 1. The van der Waals surface area contributed by atoms with Crippen LogP contribution in [0.25, 0.3) is 0 Å². The molecule has 0 aromatic heterocycles. The first-order valence-electron chi connectivity index (χ1n) is 12.3. The van der Waals surface area contributed by atoms with Crippen LogP contribution in [0.3, 0.4) is 0 Å². The van der Waals surface area contributed by atoms with Gasteiger partial charge in [0.1, 0.15) is 12.4 Å². The number of aliphatic imine (C=N–C) groups is 2. The molecule has 0 saturated carbocycles. The highest BCUT2D eigenvalue weighted by Crippen LogP contribution is 2.29. The lowest BCUT2D eigenvalue weighted by atomic mass is 9.96. The SMILES string of the molecule is CN1CCCN(CC2CN(CC3=NC=NC3c3ccccc3)CC2COC(C)(C)C)CC1. The first kappa shape index (κ1) is 23.6. The van der Waals surface area contributed by atoms with Crippen LogP contribution in [0.5, 0.6) is 0 Å². The van der Waals surface area contributed by atoms with Gasteiger partial charge in [-0.05, 0) is 58.8 Å². The summed E-state index contributed by atoms with van der Waals surface area (Å²) in [5.41, 5.74) is 2.31. The van der Waals surface area contributed by atoms with Crippen LogP contribution < -0.4 is 0 Å². The van der Waals surface area contributed by atoms with Crippen LogP contribution in [-0.4, -0.2) is 98.4 Å². The molecule has 3 unspecified atom stereocenters. The molecule has 4 rings (SSSR count). The smallest absolute Gasteiger partial charge is 0.116 e. The molecule has 0 radical (unpaired) electrons. The molecule has 3 atom stereocenters. The Labute approximate surface area is 194 Å². The van der Waals surface area contributed by atoms with Crippen LogP contribution in [0, 0.1) is 11.8 Å². The van der Waals surface area contributed by atoms with Crippen molar-refractivity contribution in [3.63, 3.8) is 0 Å². The van der Waals surface area contributed by atoms with E-state index in [1.165, 1.54) is 50.4 Å². The fraction of sp³-hybridized carbons (Fsp3) is 0.692. The minimum Gasteiger partial charge on any atom is -0.376 e. The largest absolute Gasteiger partial charge is 0.376 e. The van der Waals surface area contributed by atoms with E-state index in [0.29, 0.717) is 11.8 Å². The summed E-state index contributed by atoms with van der Waals surface area (Å²) in [5, 5.41) is 0. The van der Waals surface area contributed by atoms with E-state index in [1.54, 1.807) is 6.34 Å². The standard InChI is InChI=1S/C26H41N5O/c1-26(2,3)32-19-23-17-31(16-22(23)15-30-12-8-11-29(4)13-14-30)18-24-25(28-20-27-24)21-9-6-5-7-10-21/h5-7,9-10,20,22-23,25H,8,11-19H2,1-4H3. The molecular weight excluding hydrogens is 398 g/mol. The number of hydrogen-bond donors (Lipinski definition) is 0. The molecule has 2 saturated heterocycles. The molecule has 3 heterocycles. The first-order chi connectivity index (χ1) is 15.4. The average Bonchev–Trinajstić information content (AvgIpc) is 3.31. The van der Waals surface area contributed by atoms with Gasteiger partial charge in [0.15, 0.2) is 0 Å². The van der Waals surface area contributed by atoms with Crippen molar-refractivity contribution in [2.75, 3.05) is 66.0 Å². The maximum atomic E-state index is 6.27. The molecule has 6 nitrogen and oxygen atoms in total. The van der Waals surface area contributed by atoms with Crippen molar-refractivity contribution >= 4 is 12.1 Å². The van der Waals surface area contributed by atoms with Gasteiger partial charge in [0.05, 0.1) is 17.9 Å². The molecule has 1 aromatic rings. The van der Waals surface area contributed by atoms with Crippen LogP contribution in [0.2, 0.25) is 0 Å². The van der Waals surface area contributed by atoms with E-state index in [4.69, 9.17) is 4.74 Å². The van der Waals surface area contributed by atoms with Crippen molar-refractivity contribution < 1.29 is 4.74 Å². The summed E-state index contributed by atoms with van der Waals surface area (Å²) in [4.78, 5) is 17.1. The second kappa shape index (κ2) is 10.6. The van der Waals surface area contributed by atoms with Crippen LogP contribution in [0.4, 0.5) is 0 Å². The fourth-order valence-corrected chi connectivity index (χ4v) is 5.13. The molecule has 2 fully saturated rings. The topological polar surface area (TPSA) is 43.7 Å². The summed E-state index contributed by atoms with van der Waals surface area (Å²) in [6.45, 7) is 16.4. The summed E-state index contributed by atoms with van der Waals surface area (Å²) in [5.74, 6) is 1.20. The molecular formula is C26H41N5O. The maximum absolute atomic E-state index is 6.27. The van der Waals surface area contributed by atoms with Crippen LogP contribution >= 0.6 is 0 Å². The van der Waals surface area contributed by atoms with Gasteiger partial charge in [-0.2, -0.15) is 0 Å². The summed E-state index contributed by atoms with van der Waals surface area (Å²) in [6, 6.07) is 10.6. The lowest BCUT2D eigenvalue weighted by Crippen LogP contribution is -2.37. The number of benzene rings is 1. The Hall–Kier alpha value is -1.60. The monoisotopic (exact) mass is 439 g/mol. The lowest BCUT2D eigenvalue weighted by Gasteiger charge is -2.29. The van der Waals surface area contributed by atoms with Crippen molar-refractivity contribution in [1.82, 2.24) is 14.7 Å². The summed E-state index contributed by atoms with van der Waals surface area (Å²) < 4.78 is 6.27. The Kier molecular flexibility index (Phi) is 7.77. The first-order valence-corrected chi connectivity index (χ1v) is 12.3. The Bertz CT molecular complexity index is 787. The molecule has 0 amide bonds. The fourth-order valence-electron chi connectivity index (χ4n) is 5.13. The van der Waals surface area contributed by atoms with Gasteiger partial charge in [-0.3, -0.25) is 9.89 Å². The van der Waals surface area contributed by atoms with E-state index < -0.39 is 0 Å². The van der Waals surface area contributed by atoms with Crippen LogP contribution in [0.15, 0.2) is 40.3 Å². The number of nitrogens with zero attached hydrogens (tertiary/aromatic N) is 5. The minimum atomic E-state index is -0.0922. The molecule has 0 spiro atoms. The molecule has 0 N–H and O–H groups in total. The number of likely N-dealkylation sites (N-methyl/N-ethyl adjacent to an activating group) is 1. The zero-order valence-electron chi connectivity index (χ0n) is 20.4. The predicted molar refractivity (Wildman–Crippen MR) is 133 cm³/mol. The lowest BCUT2D eigenvalue weighted by molar-refractivity contribution is -0.0282. The summed E-state index contributed by atoms with van der Waals surface area (Å²) in [7, 11) is 2.24. The van der Waals surface area contributed by atoms with Gasteiger partial charge in [-0.1, -0.05) is 30.3 Å². The highest BCUT2D eigenvalue weighted by atomic mass is 16.5. The zero-order valence-corrected chi connectivity index (χ0v) is 20.4. The van der Waals surface area contributed by atoms with Gasteiger partial charge in [-0.15, -0.1) is 0 Å². The molecule has 3 aliphatic rings. The molecule has 32 heavy (non-hydrogen) atoms. The predicted octanol–water partition coefficient (Wildman–Crippen LogP) is 3.21. The molecule has 6 heteroatoms. The number of likely N-dealkylation sites (tertiary alicyclic amines) is 1. The van der Waals surface area contributed by atoms with E-state index in [1.807, 2.05) is 0 Å². The third kappa shape index (κ3) is 6.47. The van der Waals surface area contributed by atoms with Gasteiger partial charge >= 0.3 is 0 Å². The van der Waals surface area contributed by atoms with Crippen molar-refractivity contribution in [3.05, 3.63) is 35.9 Å². The van der Waals surface area contributed by atoms with Crippen LogP contribution in [-0.2, 0) is 4.74 Å². The second-order valence-electron chi connectivity index (χ2n) is 10.8. The normalized spacial score (nSPS) is 28.2. The van der Waals surface area contributed by atoms with Gasteiger partial charge in [0.25, 0.3) is 0 Å². The zero-order chi connectivity index (χ0) is 22.6. The third-order valence-electron chi connectivity index (χ3n) is 6.94. The van der Waals surface area contributed by atoms with E-state index in [9.17, 15) is 0 Å². The van der Waals surface area contributed by atoms with Crippen LogP contribution in [0.1, 0.15) is 38.8 Å². The third-order valence-corrected chi connectivity index (χ3v) is 6.94. The Morgan fingerprint density at radius 2 is 1.75 bits per heavy atom. The highest BCUT2D eigenvalue weighted by molar-refractivity contribution is 6.00. The quantitative estimate of drug-likeness (QED) is 0.654. The van der Waals surface area contributed by atoms with Gasteiger partial charge in [0, 0.05) is 45.2 Å². The van der Waals surface area contributed by atoms with E-state index in [-0.39, 0.29) is 11.6 Å². The van der Waals surface area contributed by atoms with Gasteiger partial charge in [-0.25, -0.2) is 4.99 Å². The molecule has 176 valence electrons. The Morgan fingerprint density at radius 3 is 2.53 bits per heavy atom. The highest BCUT2D eigenvalue weighted by Gasteiger charge is 2.36. The van der Waals surface area contributed by atoms with Crippen molar-refractivity contribution in [2.24, 2.45) is 21.8 Å². The number of hydrogen-bond acceptors (Lipinski definition) is 6. The summed E-state index contributed by atoms with van der Waals surface area (Å²) >= 11 is 0. The van der Waals surface area contributed by atoms with Crippen molar-refractivity contribution in [1.29, 1.82) is 0 Å². The Morgan fingerprint density at radius 1 is 0.969 bits per heavy atom. The molecule has 3 aliphatic heterocycles. The molecule has 0 aliphatic carbocycles. The molecule has 0 bridgehead atoms. The second-order valence-corrected chi connectivity index (χ2v) is 10.8. The number of rotatable bonds is 7. The van der Waals surface area contributed by atoms with Gasteiger partial charge < -0.3 is 14.5 Å². The summed E-state index contributed by atoms with van der Waals surface area (Å²) in [6.07, 6.45) is 3.01. The van der Waals surface area contributed by atoms with E-state index in [0.717, 1.165) is 26.2 Å². The Balaban J connectivity index is 1.39. The van der Waals surface area contributed by atoms with Gasteiger partial charge in [0.2, 0.25) is 0 Å². The average molecular weight is 440 g/mol.